The summed E-state index contributed by atoms with van der Waals surface area (Å²) in [6.07, 6.45) is 8.20. The SMILES string of the molecule is CON=NCc1cc(NC(=O)N2COC=CN2)ccc1Cl.c1ccc2c(c1)ccc1c3c(ccc12)CCCC3. The van der Waals surface area contributed by atoms with Crippen molar-refractivity contribution in [1.29, 1.82) is 0 Å². The van der Waals surface area contributed by atoms with Crippen LogP contribution in [-0.2, 0) is 29.0 Å². The second kappa shape index (κ2) is 12.5. The highest BCUT2D eigenvalue weighted by Gasteiger charge is 2.15. The molecular weight excluding hydrogens is 514 g/mol. The minimum atomic E-state index is -0.355. The number of hydrogen-bond donors (Lipinski definition) is 2. The monoisotopic (exact) mass is 543 g/mol. The van der Waals surface area contributed by atoms with Crippen molar-refractivity contribution in [2.75, 3.05) is 19.2 Å². The van der Waals surface area contributed by atoms with Gasteiger partial charge in [0.25, 0.3) is 0 Å². The van der Waals surface area contributed by atoms with E-state index in [0.717, 1.165) is 5.56 Å². The third-order valence-electron chi connectivity index (χ3n) is 6.78. The third kappa shape index (κ3) is 6.23. The van der Waals surface area contributed by atoms with Gasteiger partial charge in [0.2, 0.25) is 0 Å². The van der Waals surface area contributed by atoms with E-state index < -0.39 is 0 Å². The zero-order chi connectivity index (χ0) is 27.0. The van der Waals surface area contributed by atoms with Gasteiger partial charge in [-0.3, -0.25) is 5.43 Å². The molecular formula is C30H30ClN5O3. The van der Waals surface area contributed by atoms with Crippen LogP contribution in [0.1, 0.15) is 29.5 Å². The van der Waals surface area contributed by atoms with Gasteiger partial charge in [-0.15, -0.1) is 5.11 Å². The van der Waals surface area contributed by atoms with E-state index in [1.807, 2.05) is 0 Å². The highest BCUT2D eigenvalue weighted by Crippen LogP contribution is 2.33. The molecule has 200 valence electrons. The van der Waals surface area contributed by atoms with Crippen LogP contribution in [0.25, 0.3) is 21.5 Å². The number of nitrogens with one attached hydrogen (secondary N) is 2. The van der Waals surface area contributed by atoms with E-state index in [0.29, 0.717) is 10.7 Å². The highest BCUT2D eigenvalue weighted by molar-refractivity contribution is 6.31. The maximum atomic E-state index is 12.0. The Balaban J connectivity index is 0.000000159. The average Bonchev–Trinajstić information content (AvgIpc) is 2.99. The summed E-state index contributed by atoms with van der Waals surface area (Å²) >= 11 is 6.05. The van der Waals surface area contributed by atoms with Crippen LogP contribution in [0.3, 0.4) is 0 Å². The smallest absolute Gasteiger partial charge is 0.343 e. The van der Waals surface area contributed by atoms with Crippen molar-refractivity contribution in [2.24, 2.45) is 10.4 Å². The topological polar surface area (TPSA) is 87.6 Å². The summed E-state index contributed by atoms with van der Waals surface area (Å²) in [5.41, 5.74) is 7.23. The van der Waals surface area contributed by atoms with Crippen LogP contribution in [0.4, 0.5) is 10.5 Å². The van der Waals surface area contributed by atoms with Crippen LogP contribution in [0.15, 0.2) is 89.6 Å². The van der Waals surface area contributed by atoms with E-state index in [9.17, 15) is 4.79 Å². The second-order valence-corrected chi connectivity index (χ2v) is 9.66. The molecule has 0 saturated heterocycles. The maximum absolute atomic E-state index is 12.0. The first kappa shape index (κ1) is 26.3. The van der Waals surface area contributed by atoms with E-state index >= 15 is 0 Å². The van der Waals surface area contributed by atoms with Crippen molar-refractivity contribution in [3.05, 3.63) is 101 Å². The Morgan fingerprint density at radius 1 is 1.05 bits per heavy atom. The minimum absolute atomic E-state index is 0.116. The lowest BCUT2D eigenvalue weighted by Crippen LogP contribution is -2.45. The van der Waals surface area contributed by atoms with E-state index in [2.05, 4.69) is 74.5 Å². The summed E-state index contributed by atoms with van der Waals surface area (Å²) in [6.45, 7) is 0.370. The fourth-order valence-corrected chi connectivity index (χ4v) is 5.09. The first-order valence-electron chi connectivity index (χ1n) is 12.9. The van der Waals surface area contributed by atoms with Gasteiger partial charge in [-0.2, -0.15) is 0 Å². The predicted molar refractivity (Wildman–Crippen MR) is 154 cm³/mol. The number of carbonyl (C=O) groups is 1. The molecule has 6 rings (SSSR count). The van der Waals surface area contributed by atoms with Gasteiger partial charge in [0, 0.05) is 16.0 Å². The number of anilines is 1. The Hall–Kier alpha value is -4.30. The molecule has 0 atom stereocenters. The lowest BCUT2D eigenvalue weighted by Gasteiger charge is -2.24. The molecule has 39 heavy (non-hydrogen) atoms. The molecule has 0 unspecified atom stereocenters. The molecule has 1 heterocycles. The van der Waals surface area contributed by atoms with E-state index in [4.69, 9.17) is 16.3 Å². The highest BCUT2D eigenvalue weighted by atomic mass is 35.5. The maximum Gasteiger partial charge on any atom is 0.343 e. The van der Waals surface area contributed by atoms with Crippen LogP contribution in [0.5, 0.6) is 0 Å². The molecule has 2 amide bonds. The molecule has 2 N–H and O–H groups in total. The van der Waals surface area contributed by atoms with Crippen LogP contribution in [0, 0.1) is 0 Å². The minimum Gasteiger partial charge on any atom is -0.477 e. The number of benzene rings is 4. The van der Waals surface area contributed by atoms with Gasteiger partial charge >= 0.3 is 6.03 Å². The number of fused-ring (bicyclic) bond motifs is 5. The van der Waals surface area contributed by atoms with Gasteiger partial charge < -0.3 is 14.9 Å². The van der Waals surface area contributed by atoms with Gasteiger partial charge in [-0.05, 0) is 82.1 Å². The zero-order valence-electron chi connectivity index (χ0n) is 21.7. The number of rotatable bonds is 4. The summed E-state index contributed by atoms with van der Waals surface area (Å²) in [7, 11) is 1.41. The number of urea groups is 1. The average molecular weight is 544 g/mol. The van der Waals surface area contributed by atoms with E-state index in [-0.39, 0.29) is 19.3 Å². The molecule has 0 aromatic heterocycles. The number of hydrogen-bond acceptors (Lipinski definition) is 6. The van der Waals surface area contributed by atoms with Crippen molar-refractivity contribution < 1.29 is 14.4 Å². The number of halogens is 1. The first-order valence-corrected chi connectivity index (χ1v) is 13.2. The number of ether oxygens (including phenoxy) is 1. The lowest BCUT2D eigenvalue weighted by molar-refractivity contribution is 0.0742. The fraction of sp³-hybridized carbons (Fsp3) is 0.233. The fourth-order valence-electron chi connectivity index (χ4n) is 4.91. The van der Waals surface area contributed by atoms with Gasteiger partial charge in [0.15, 0.2) is 6.73 Å². The summed E-state index contributed by atoms with van der Waals surface area (Å²) in [4.78, 5) is 16.5. The molecule has 0 bridgehead atoms. The Morgan fingerprint density at radius 2 is 1.90 bits per heavy atom. The number of nitrogens with zero attached hydrogens (tertiary/aromatic N) is 3. The number of amides is 2. The molecule has 9 heteroatoms. The summed E-state index contributed by atoms with van der Waals surface area (Å²) in [5.74, 6) is 0. The standard InChI is InChI=1S/C18H16.C12H14ClN5O3/c1-3-7-15-13(5-1)9-11-18-16-8-4-2-6-14(16)10-12-17(15)18;1-20-17-14-7-9-6-10(2-3-11(9)13)16-12(19)18-8-21-5-4-15-18/h1,3,5,7,9-12H,2,4,6,8H2;2-6,15H,7-8H2,1H3,(H,16,19). The number of aryl methyl sites for hydroxylation is 2. The summed E-state index contributed by atoms with van der Waals surface area (Å²) in [6, 6.07) is 22.7. The van der Waals surface area contributed by atoms with E-state index in [1.165, 1.54) is 71.8 Å². The van der Waals surface area contributed by atoms with Crippen molar-refractivity contribution in [3.63, 3.8) is 0 Å². The molecule has 2 aliphatic rings. The Bertz CT molecular complexity index is 1540. The third-order valence-corrected chi connectivity index (χ3v) is 7.15. The van der Waals surface area contributed by atoms with Crippen LogP contribution >= 0.6 is 11.6 Å². The Labute approximate surface area is 232 Å². The molecule has 4 aromatic carbocycles. The van der Waals surface area contributed by atoms with Gasteiger partial charge in [-0.25, -0.2) is 9.80 Å². The van der Waals surface area contributed by atoms with Crippen molar-refractivity contribution in [2.45, 2.75) is 32.2 Å². The molecule has 0 fully saturated rings. The van der Waals surface area contributed by atoms with Crippen LogP contribution < -0.4 is 10.7 Å². The quantitative estimate of drug-likeness (QED) is 0.158. The lowest BCUT2D eigenvalue weighted by atomic mass is 9.86. The second-order valence-electron chi connectivity index (χ2n) is 9.25. The predicted octanol–water partition coefficient (Wildman–Crippen LogP) is 7.52. The van der Waals surface area contributed by atoms with Crippen molar-refractivity contribution in [3.8, 4) is 0 Å². The number of hydrazine groups is 1. The number of carbonyl (C=O) groups excluding carboxylic acids is 1. The molecule has 0 spiro atoms. The van der Waals surface area contributed by atoms with Crippen LogP contribution in [-0.4, -0.2) is 24.9 Å². The molecule has 1 aliphatic heterocycles. The molecule has 4 aromatic rings. The molecule has 0 saturated carbocycles. The van der Waals surface area contributed by atoms with Gasteiger partial charge in [-0.1, -0.05) is 60.1 Å². The Morgan fingerprint density at radius 3 is 2.74 bits per heavy atom. The normalized spacial score (nSPS) is 14.3. The largest absolute Gasteiger partial charge is 0.477 e. The molecule has 8 nitrogen and oxygen atoms in total. The van der Waals surface area contributed by atoms with Crippen LogP contribution in [0.2, 0.25) is 5.02 Å². The van der Waals surface area contributed by atoms with Crippen molar-refractivity contribution >= 4 is 44.9 Å². The Kier molecular flexibility index (Phi) is 8.43. The van der Waals surface area contributed by atoms with E-state index in [1.54, 1.807) is 29.3 Å². The summed E-state index contributed by atoms with van der Waals surface area (Å²) in [5, 5.41) is 17.4. The molecule has 0 radical (unpaired) electrons. The molecule has 1 aliphatic carbocycles. The van der Waals surface area contributed by atoms with Gasteiger partial charge in [0.1, 0.15) is 13.4 Å². The van der Waals surface area contributed by atoms with Crippen molar-refractivity contribution in [1.82, 2.24) is 10.4 Å². The zero-order valence-corrected chi connectivity index (χ0v) is 22.4. The first-order chi connectivity index (χ1) is 19.1. The summed E-state index contributed by atoms with van der Waals surface area (Å²) < 4.78 is 5.01. The van der Waals surface area contributed by atoms with Gasteiger partial charge in [0.05, 0.1) is 12.7 Å².